The van der Waals surface area contributed by atoms with Gasteiger partial charge in [0.05, 0.1) is 16.7 Å². The zero-order chi connectivity index (χ0) is 13.0. The van der Waals surface area contributed by atoms with Gasteiger partial charge in [0.15, 0.2) is 0 Å². The predicted molar refractivity (Wildman–Crippen MR) is 69.4 cm³/mol. The molecule has 1 rings (SSSR count). The lowest BCUT2D eigenvalue weighted by Crippen LogP contribution is -2.29. The standard InChI is InChI=1S/C13H18ClNO2/c1-9-4-5-11(12(14)8-9)13(17)15(3)7-6-10(2)16/h4-5,8,10,16H,6-7H2,1-3H3. The third kappa shape index (κ3) is 4.02. The van der Waals surface area contributed by atoms with Crippen LogP contribution in [0.3, 0.4) is 0 Å². The summed E-state index contributed by atoms with van der Waals surface area (Å²) < 4.78 is 0. The van der Waals surface area contributed by atoms with E-state index in [1.807, 2.05) is 13.0 Å². The van der Waals surface area contributed by atoms with E-state index in [4.69, 9.17) is 11.6 Å². The lowest BCUT2D eigenvalue weighted by molar-refractivity contribution is 0.0769. The zero-order valence-electron chi connectivity index (χ0n) is 10.4. The molecule has 0 bridgehead atoms. The molecule has 0 aliphatic rings. The second-order valence-corrected chi connectivity index (χ2v) is 4.75. The molecule has 17 heavy (non-hydrogen) atoms. The van der Waals surface area contributed by atoms with E-state index in [0.29, 0.717) is 23.6 Å². The molecule has 4 heteroatoms. The Kier molecular flexibility index (Phi) is 4.97. The van der Waals surface area contributed by atoms with Crippen LogP contribution in [0, 0.1) is 6.92 Å². The number of amides is 1. The van der Waals surface area contributed by atoms with Crippen LogP contribution in [0.4, 0.5) is 0 Å². The predicted octanol–water partition coefficient (Wildman–Crippen LogP) is 2.49. The highest BCUT2D eigenvalue weighted by Crippen LogP contribution is 2.19. The Bertz CT molecular complexity index is 404. The summed E-state index contributed by atoms with van der Waals surface area (Å²) in [4.78, 5) is 13.6. The van der Waals surface area contributed by atoms with Gasteiger partial charge in [-0.1, -0.05) is 17.7 Å². The second-order valence-electron chi connectivity index (χ2n) is 4.35. The van der Waals surface area contributed by atoms with Gasteiger partial charge in [0, 0.05) is 13.6 Å². The molecule has 0 radical (unpaired) electrons. The minimum Gasteiger partial charge on any atom is -0.393 e. The van der Waals surface area contributed by atoms with Crippen molar-refractivity contribution in [2.45, 2.75) is 26.4 Å². The molecule has 0 saturated heterocycles. The molecular weight excluding hydrogens is 238 g/mol. The van der Waals surface area contributed by atoms with Gasteiger partial charge in [-0.3, -0.25) is 4.79 Å². The van der Waals surface area contributed by atoms with Gasteiger partial charge < -0.3 is 10.0 Å². The van der Waals surface area contributed by atoms with Gasteiger partial charge in [-0.15, -0.1) is 0 Å². The first-order valence-corrected chi connectivity index (χ1v) is 5.99. The van der Waals surface area contributed by atoms with Crippen molar-refractivity contribution < 1.29 is 9.90 Å². The van der Waals surface area contributed by atoms with Gasteiger partial charge in [-0.05, 0) is 38.0 Å². The molecule has 0 spiro atoms. The van der Waals surface area contributed by atoms with Crippen molar-refractivity contribution in [2.75, 3.05) is 13.6 Å². The Morgan fingerprint density at radius 2 is 2.18 bits per heavy atom. The van der Waals surface area contributed by atoms with E-state index in [1.54, 1.807) is 31.0 Å². The van der Waals surface area contributed by atoms with Gasteiger partial charge in [0.2, 0.25) is 0 Å². The Balaban J connectivity index is 2.75. The van der Waals surface area contributed by atoms with Gasteiger partial charge in [-0.25, -0.2) is 0 Å². The van der Waals surface area contributed by atoms with Crippen molar-refractivity contribution in [1.29, 1.82) is 0 Å². The molecule has 0 aliphatic heterocycles. The zero-order valence-corrected chi connectivity index (χ0v) is 11.2. The first-order valence-electron chi connectivity index (χ1n) is 5.61. The van der Waals surface area contributed by atoms with Crippen LogP contribution in [0.5, 0.6) is 0 Å². The van der Waals surface area contributed by atoms with E-state index in [9.17, 15) is 9.90 Å². The van der Waals surface area contributed by atoms with E-state index in [2.05, 4.69) is 0 Å². The van der Waals surface area contributed by atoms with Crippen molar-refractivity contribution in [3.8, 4) is 0 Å². The second kappa shape index (κ2) is 6.03. The number of nitrogens with zero attached hydrogens (tertiary/aromatic N) is 1. The number of hydrogen-bond donors (Lipinski definition) is 1. The van der Waals surface area contributed by atoms with Gasteiger partial charge >= 0.3 is 0 Å². The molecule has 0 fully saturated rings. The summed E-state index contributed by atoms with van der Waals surface area (Å²) in [5.74, 6) is -0.115. The van der Waals surface area contributed by atoms with Crippen molar-refractivity contribution >= 4 is 17.5 Å². The molecule has 1 aromatic carbocycles. The Morgan fingerprint density at radius 3 is 2.71 bits per heavy atom. The van der Waals surface area contributed by atoms with Crippen molar-refractivity contribution in [3.63, 3.8) is 0 Å². The minimum absolute atomic E-state index is 0.115. The number of benzene rings is 1. The molecule has 3 nitrogen and oxygen atoms in total. The van der Waals surface area contributed by atoms with Crippen LogP contribution in [-0.2, 0) is 0 Å². The first kappa shape index (κ1) is 14.0. The molecule has 1 atom stereocenters. The molecule has 94 valence electrons. The van der Waals surface area contributed by atoms with Crippen LogP contribution in [0.1, 0.15) is 29.3 Å². The third-order valence-corrected chi connectivity index (χ3v) is 2.90. The summed E-state index contributed by atoms with van der Waals surface area (Å²) in [6.45, 7) is 4.15. The number of halogens is 1. The van der Waals surface area contributed by atoms with Crippen LogP contribution in [0.2, 0.25) is 5.02 Å². The molecule has 1 N–H and O–H groups in total. The smallest absolute Gasteiger partial charge is 0.255 e. The molecule has 0 aliphatic carbocycles. The van der Waals surface area contributed by atoms with Crippen molar-refractivity contribution in [2.24, 2.45) is 0 Å². The summed E-state index contributed by atoms with van der Waals surface area (Å²) in [6.07, 6.45) is 0.157. The van der Waals surface area contributed by atoms with E-state index in [1.165, 1.54) is 0 Å². The van der Waals surface area contributed by atoms with Crippen molar-refractivity contribution in [1.82, 2.24) is 4.90 Å². The topological polar surface area (TPSA) is 40.5 Å². The van der Waals surface area contributed by atoms with Crippen LogP contribution >= 0.6 is 11.6 Å². The summed E-state index contributed by atoms with van der Waals surface area (Å²) in [7, 11) is 1.71. The number of carbonyl (C=O) groups excluding carboxylic acids is 1. The number of aliphatic hydroxyl groups is 1. The molecule has 1 amide bonds. The number of aryl methyl sites for hydroxylation is 1. The Labute approximate surface area is 107 Å². The van der Waals surface area contributed by atoms with Crippen LogP contribution < -0.4 is 0 Å². The first-order chi connectivity index (χ1) is 7.91. The van der Waals surface area contributed by atoms with E-state index in [0.717, 1.165) is 5.56 Å². The number of rotatable bonds is 4. The monoisotopic (exact) mass is 255 g/mol. The number of carbonyl (C=O) groups is 1. The lowest BCUT2D eigenvalue weighted by atomic mass is 10.1. The normalized spacial score (nSPS) is 12.3. The molecule has 1 aromatic rings. The van der Waals surface area contributed by atoms with Gasteiger partial charge in [-0.2, -0.15) is 0 Å². The van der Waals surface area contributed by atoms with E-state index < -0.39 is 6.10 Å². The number of aliphatic hydroxyl groups excluding tert-OH is 1. The largest absolute Gasteiger partial charge is 0.393 e. The fourth-order valence-corrected chi connectivity index (χ4v) is 1.80. The molecule has 0 aromatic heterocycles. The molecule has 0 heterocycles. The molecule has 0 saturated carbocycles. The SMILES string of the molecule is Cc1ccc(C(=O)N(C)CCC(C)O)c(Cl)c1. The van der Waals surface area contributed by atoms with Gasteiger partial charge in [0.25, 0.3) is 5.91 Å². The minimum atomic E-state index is -0.404. The fourth-order valence-electron chi connectivity index (χ4n) is 1.48. The quantitative estimate of drug-likeness (QED) is 0.898. The number of hydrogen-bond acceptors (Lipinski definition) is 2. The van der Waals surface area contributed by atoms with E-state index >= 15 is 0 Å². The maximum absolute atomic E-state index is 12.0. The summed E-state index contributed by atoms with van der Waals surface area (Å²) in [5.41, 5.74) is 1.53. The Morgan fingerprint density at radius 1 is 1.53 bits per heavy atom. The highest BCUT2D eigenvalue weighted by Gasteiger charge is 2.15. The Hall–Kier alpha value is -1.06. The maximum Gasteiger partial charge on any atom is 0.255 e. The molecule has 1 unspecified atom stereocenters. The van der Waals surface area contributed by atoms with Crippen LogP contribution in [0.25, 0.3) is 0 Å². The van der Waals surface area contributed by atoms with E-state index in [-0.39, 0.29) is 5.91 Å². The van der Waals surface area contributed by atoms with Crippen molar-refractivity contribution in [3.05, 3.63) is 34.3 Å². The average molecular weight is 256 g/mol. The summed E-state index contributed by atoms with van der Waals surface area (Å²) in [6, 6.07) is 5.37. The highest BCUT2D eigenvalue weighted by molar-refractivity contribution is 6.33. The van der Waals surface area contributed by atoms with Gasteiger partial charge in [0.1, 0.15) is 0 Å². The molecular formula is C13H18ClNO2. The van der Waals surface area contributed by atoms with Crippen LogP contribution in [-0.4, -0.2) is 35.6 Å². The average Bonchev–Trinajstić information content (AvgIpc) is 2.25. The highest BCUT2D eigenvalue weighted by atomic mass is 35.5. The van der Waals surface area contributed by atoms with Crippen LogP contribution in [0.15, 0.2) is 18.2 Å². The fraction of sp³-hybridized carbons (Fsp3) is 0.462. The lowest BCUT2D eigenvalue weighted by Gasteiger charge is -2.18. The third-order valence-electron chi connectivity index (χ3n) is 2.58. The summed E-state index contributed by atoms with van der Waals surface area (Å²) in [5, 5.41) is 9.65. The summed E-state index contributed by atoms with van der Waals surface area (Å²) >= 11 is 6.03. The maximum atomic E-state index is 12.0.